The Morgan fingerprint density at radius 1 is 0.844 bits per heavy atom. The molecule has 0 fully saturated rings. The van der Waals surface area contributed by atoms with Gasteiger partial charge in [0.1, 0.15) is 0 Å². The van der Waals surface area contributed by atoms with Crippen LogP contribution in [0.25, 0.3) is 0 Å². The summed E-state index contributed by atoms with van der Waals surface area (Å²) in [6.45, 7) is 4.99. The average molecular weight is 523 g/mol. The Morgan fingerprint density at radius 2 is 1.34 bits per heavy atom. The van der Waals surface area contributed by atoms with Crippen molar-refractivity contribution in [3.63, 3.8) is 0 Å². The Hall–Kier alpha value is -1.24. The zero-order chi connectivity index (χ0) is 24.5. The van der Waals surface area contributed by atoms with Crippen molar-refractivity contribution < 1.29 is 19.1 Å². The monoisotopic (exact) mass is 522 g/mol. The van der Waals surface area contributed by atoms with Gasteiger partial charge in [0.15, 0.2) is 0 Å². The molecule has 0 bridgehead atoms. The summed E-state index contributed by atoms with van der Waals surface area (Å²) in [5, 5.41) is 0. The van der Waals surface area contributed by atoms with Gasteiger partial charge in [0.2, 0.25) is 18.4 Å². The predicted molar refractivity (Wildman–Crippen MR) is 141 cm³/mol. The van der Waals surface area contributed by atoms with Crippen LogP contribution in [-0.4, -0.2) is 81.4 Å². The second kappa shape index (κ2) is 18.2. The molecule has 32 heavy (non-hydrogen) atoms. The van der Waals surface area contributed by atoms with Gasteiger partial charge >= 0.3 is 0 Å². The molecule has 180 valence electrons. The van der Waals surface area contributed by atoms with E-state index in [0.717, 1.165) is 9.52 Å². The highest BCUT2D eigenvalue weighted by Crippen LogP contribution is 2.21. The van der Waals surface area contributed by atoms with Gasteiger partial charge in [-0.3, -0.25) is 19.4 Å². The van der Waals surface area contributed by atoms with Crippen molar-refractivity contribution >= 4 is 68.0 Å². The minimum absolute atomic E-state index is 0.00477. The smallest absolute Gasteiger partial charge is 0.275 e. The maximum Gasteiger partial charge on any atom is 0.275 e. The van der Waals surface area contributed by atoms with Gasteiger partial charge in [0.25, 0.3) is 19.0 Å². The van der Waals surface area contributed by atoms with E-state index in [2.05, 4.69) is 50.5 Å². The Kier molecular flexibility index (Phi) is 17.5. The van der Waals surface area contributed by atoms with Crippen LogP contribution >= 0.6 is 50.5 Å². The molecule has 1 aromatic carbocycles. The summed E-state index contributed by atoms with van der Waals surface area (Å²) in [6, 6.07) is 7.01. The topological polar surface area (TPSA) is 80.8 Å². The fraction of sp³-hybridized carbons (Fsp3) is 0.600. The largest absolute Gasteiger partial charge is 0.283 e. The number of hydrogen-bond donors (Lipinski definition) is 4. The zero-order valence-electron chi connectivity index (χ0n) is 18.6. The van der Waals surface area contributed by atoms with Crippen LogP contribution in [0.5, 0.6) is 0 Å². The average Bonchev–Trinajstić information content (AvgIpc) is 2.78. The van der Waals surface area contributed by atoms with E-state index in [1.807, 2.05) is 6.07 Å². The lowest BCUT2D eigenvalue weighted by Gasteiger charge is -2.16. The lowest BCUT2D eigenvalue weighted by molar-refractivity contribution is -0.561. The number of para-hydroxylation sites is 1. The second-order valence-corrected chi connectivity index (χ2v) is 8.37. The summed E-state index contributed by atoms with van der Waals surface area (Å²) in [5.41, 5.74) is 0.467. The van der Waals surface area contributed by atoms with Crippen LogP contribution in [0.1, 0.15) is 26.7 Å². The van der Waals surface area contributed by atoms with Gasteiger partial charge in [0.05, 0.1) is 15.4 Å². The molecule has 0 saturated carbocycles. The van der Waals surface area contributed by atoms with Crippen LogP contribution in [0, 0.1) is 9.81 Å². The minimum Gasteiger partial charge on any atom is -0.283 e. The number of nitrogens with zero attached hydrogens (tertiary/aromatic N) is 4. The first kappa shape index (κ1) is 30.8. The third-order valence-corrected chi connectivity index (χ3v) is 5.16. The molecule has 0 aliphatic rings. The molecule has 0 spiro atoms. The molecule has 0 N–H and O–H groups in total. The molecule has 0 aromatic heterocycles. The van der Waals surface area contributed by atoms with Crippen LogP contribution in [0.15, 0.2) is 29.2 Å². The predicted octanol–water partition coefficient (Wildman–Crippen LogP) is 3.33. The minimum atomic E-state index is -0.0541. The quantitative estimate of drug-likeness (QED) is 0.182. The normalized spacial score (nSPS) is 10.1. The van der Waals surface area contributed by atoms with Gasteiger partial charge in [-0.05, 0) is 6.07 Å². The van der Waals surface area contributed by atoms with Crippen LogP contribution in [0.2, 0.25) is 0 Å². The first-order chi connectivity index (χ1) is 15.2. The van der Waals surface area contributed by atoms with E-state index in [4.69, 9.17) is 0 Å². The Morgan fingerprint density at radius 3 is 1.78 bits per heavy atom. The zero-order valence-corrected chi connectivity index (χ0v) is 22.2. The maximum absolute atomic E-state index is 12.0. The first-order valence-electron chi connectivity index (χ1n) is 10.3. The summed E-state index contributed by atoms with van der Waals surface area (Å²) in [6.07, 6.45) is 0.798. The molecule has 0 aliphatic carbocycles. The second-order valence-electron chi connectivity index (χ2n) is 6.55. The first-order valence-corrected chi connectivity index (χ1v) is 12.6. The summed E-state index contributed by atoms with van der Waals surface area (Å²) in [4.78, 5) is 49.8. The maximum atomic E-state index is 12.0. The van der Waals surface area contributed by atoms with Crippen LogP contribution in [0.3, 0.4) is 0 Å². The molecule has 0 radical (unpaired) electrons. The molecule has 1 aromatic rings. The summed E-state index contributed by atoms with van der Waals surface area (Å²) in [5.74, 6) is 1.53. The number of carbonyl (C=O) groups is 2. The summed E-state index contributed by atoms with van der Waals surface area (Å²) >= 11 is 16.3. The fourth-order valence-corrected chi connectivity index (χ4v) is 3.49. The summed E-state index contributed by atoms with van der Waals surface area (Å²) in [7, 11) is 0. The third kappa shape index (κ3) is 12.1. The van der Waals surface area contributed by atoms with E-state index < -0.39 is 0 Å². The number of carbonyl (C=O) groups excluding carboxylic acids is 2. The van der Waals surface area contributed by atoms with Crippen molar-refractivity contribution in [3.8, 4) is 0 Å². The van der Waals surface area contributed by atoms with E-state index in [-0.39, 0.29) is 25.2 Å². The highest BCUT2D eigenvalue weighted by atomic mass is 32.1. The van der Waals surface area contributed by atoms with Crippen LogP contribution in [0.4, 0.5) is 5.69 Å². The van der Waals surface area contributed by atoms with E-state index >= 15 is 0 Å². The van der Waals surface area contributed by atoms with Crippen LogP contribution < -0.4 is 0 Å². The van der Waals surface area contributed by atoms with Gasteiger partial charge in [-0.25, -0.2) is 0 Å². The molecule has 0 atom stereocenters. The lowest BCUT2D eigenvalue weighted by Crippen LogP contribution is -2.38. The molecule has 0 saturated heterocycles. The van der Waals surface area contributed by atoms with Gasteiger partial charge in [0, 0.05) is 58.1 Å². The van der Waals surface area contributed by atoms with Crippen LogP contribution in [-0.2, 0) is 9.59 Å². The molecule has 0 aliphatic heterocycles. The summed E-state index contributed by atoms with van der Waals surface area (Å²) < 4.78 is 1.61. The van der Waals surface area contributed by atoms with Gasteiger partial charge < -0.3 is 0 Å². The Labute approximate surface area is 212 Å². The number of benzene rings is 1. The number of amides is 2. The van der Waals surface area contributed by atoms with Gasteiger partial charge in [-0.2, -0.15) is 37.9 Å². The molecule has 0 unspecified atom stereocenters. The molecular weight excluding hydrogens is 489 g/mol. The van der Waals surface area contributed by atoms with E-state index in [1.165, 1.54) is 9.80 Å². The van der Waals surface area contributed by atoms with Crippen molar-refractivity contribution in [1.82, 2.24) is 9.80 Å². The highest BCUT2D eigenvalue weighted by molar-refractivity contribution is 7.80. The number of hydrogen-bond acceptors (Lipinski definition) is 8. The number of nitroso groups, excluding NO2 is 2. The molecule has 12 heteroatoms. The third-order valence-electron chi connectivity index (χ3n) is 4.18. The molecular formula is C20H34N4O4S4+2. The van der Waals surface area contributed by atoms with Gasteiger partial charge in [-0.15, -0.1) is 12.6 Å². The van der Waals surface area contributed by atoms with Crippen molar-refractivity contribution in [2.24, 2.45) is 0 Å². The van der Waals surface area contributed by atoms with Crippen molar-refractivity contribution in [2.45, 2.75) is 31.6 Å². The Bertz CT molecular complexity index is 752. The van der Waals surface area contributed by atoms with Crippen molar-refractivity contribution in [1.29, 1.82) is 0 Å². The van der Waals surface area contributed by atoms with Crippen molar-refractivity contribution in [2.75, 3.05) is 50.2 Å². The van der Waals surface area contributed by atoms with Gasteiger partial charge in [-0.1, -0.05) is 26.0 Å². The Balaban J connectivity index is 0.000000622. The molecule has 1 rings (SSSR count). The van der Waals surface area contributed by atoms with Crippen molar-refractivity contribution in [3.05, 3.63) is 34.1 Å². The standard InChI is InChI=1S/C12H16N2O2S2.C8H16N2O2S2/c1-2-12(15)13(7-8-17)9-14(16)10-5-3-4-6-11(10)18;1-2-8(11)9(3-5-13)7-10(12)4-6-14/h3-6H,2,7-9H2,1H3,(H-,17,18);2-7H2,1H3,(H-,13,14)/p+2. The van der Waals surface area contributed by atoms with E-state index in [0.29, 0.717) is 60.3 Å². The molecule has 0 heterocycles. The fourth-order valence-electron chi connectivity index (χ4n) is 2.52. The number of rotatable bonds is 13. The molecule has 2 amide bonds. The lowest BCUT2D eigenvalue weighted by atomic mass is 10.3. The van der Waals surface area contributed by atoms with E-state index in [9.17, 15) is 19.4 Å². The SMILES string of the molecule is CCC(=O)N(CCS)C[N+](=O)CCS.CCC(=O)N(CCS)C[N+](=O)c1ccccc1S. The highest BCUT2D eigenvalue weighted by Gasteiger charge is 2.23. The number of thiol groups is 4. The van der Waals surface area contributed by atoms with E-state index in [1.54, 1.807) is 32.0 Å². The molecule has 8 nitrogen and oxygen atoms in total.